The van der Waals surface area contributed by atoms with Gasteiger partial charge in [0, 0.05) is 26.1 Å². The average molecular weight is 345 g/mol. The van der Waals surface area contributed by atoms with Gasteiger partial charge in [-0.05, 0) is 50.0 Å². The highest BCUT2D eigenvalue weighted by atomic mass is 16.5. The molecule has 0 radical (unpaired) electrons. The molecular formula is C21H31NO3. The molecule has 0 aromatic heterocycles. The Morgan fingerprint density at radius 1 is 1.00 bits per heavy atom. The first-order chi connectivity index (χ1) is 12.2. The Kier molecular flexibility index (Phi) is 6.88. The van der Waals surface area contributed by atoms with Gasteiger partial charge in [0.05, 0.1) is 19.3 Å². The predicted octanol–water partition coefficient (Wildman–Crippen LogP) is 3.79. The highest BCUT2D eigenvalue weighted by molar-refractivity contribution is 5.69. The number of nitrogens with zero attached hydrogens (tertiary/aromatic N) is 1. The van der Waals surface area contributed by atoms with Gasteiger partial charge in [-0.1, -0.05) is 30.3 Å². The lowest BCUT2D eigenvalue weighted by Gasteiger charge is -2.36. The molecule has 1 saturated heterocycles. The molecule has 1 aromatic rings. The van der Waals surface area contributed by atoms with E-state index in [1.165, 1.54) is 12.7 Å². The molecule has 2 aliphatic rings. The second kappa shape index (κ2) is 9.35. The van der Waals surface area contributed by atoms with E-state index in [4.69, 9.17) is 9.47 Å². The van der Waals surface area contributed by atoms with E-state index in [1.807, 2.05) is 0 Å². The molecule has 0 amide bonds. The quantitative estimate of drug-likeness (QED) is 0.735. The molecule has 1 heterocycles. The fourth-order valence-corrected chi connectivity index (χ4v) is 4.11. The number of hydrogen-bond acceptors (Lipinski definition) is 4. The summed E-state index contributed by atoms with van der Waals surface area (Å²) in [5.41, 5.74) is 1.39. The van der Waals surface area contributed by atoms with Crippen molar-refractivity contribution in [3.63, 3.8) is 0 Å². The van der Waals surface area contributed by atoms with E-state index in [0.717, 1.165) is 58.2 Å². The Balaban J connectivity index is 1.34. The number of carbonyl (C=O) groups excluding carboxylic acids is 1. The Morgan fingerprint density at radius 3 is 2.28 bits per heavy atom. The van der Waals surface area contributed by atoms with Crippen molar-refractivity contribution in [1.82, 2.24) is 4.90 Å². The van der Waals surface area contributed by atoms with E-state index in [-0.39, 0.29) is 5.97 Å². The van der Waals surface area contributed by atoms with Gasteiger partial charge in [-0.15, -0.1) is 0 Å². The van der Waals surface area contributed by atoms with Crippen LogP contribution >= 0.6 is 0 Å². The van der Waals surface area contributed by atoms with Crippen molar-refractivity contribution in [3.05, 3.63) is 35.9 Å². The van der Waals surface area contributed by atoms with Gasteiger partial charge in [-0.3, -0.25) is 9.69 Å². The summed E-state index contributed by atoms with van der Waals surface area (Å²) in [6.07, 6.45) is 8.00. The number of rotatable bonds is 6. The van der Waals surface area contributed by atoms with Crippen LogP contribution in [-0.4, -0.2) is 43.3 Å². The number of hydrogen-bond donors (Lipinski definition) is 0. The highest BCUT2D eigenvalue weighted by Crippen LogP contribution is 2.30. The second-order valence-electron chi connectivity index (χ2n) is 7.52. The average Bonchev–Trinajstić information content (AvgIpc) is 2.66. The number of ether oxygens (including phenoxy) is 2. The minimum atomic E-state index is -0.0739. The monoisotopic (exact) mass is 345 g/mol. The normalized spacial score (nSPS) is 25.6. The maximum atomic E-state index is 11.4. The molecule has 0 atom stereocenters. The van der Waals surface area contributed by atoms with Crippen molar-refractivity contribution in [1.29, 1.82) is 0 Å². The molecule has 138 valence electrons. The van der Waals surface area contributed by atoms with Crippen molar-refractivity contribution in [2.45, 2.75) is 63.7 Å². The Bertz CT molecular complexity index is 517. The van der Waals surface area contributed by atoms with Gasteiger partial charge in [-0.25, -0.2) is 0 Å². The molecule has 2 fully saturated rings. The molecule has 1 aliphatic heterocycles. The zero-order valence-electron chi connectivity index (χ0n) is 15.4. The first-order valence-electron chi connectivity index (χ1n) is 9.71. The van der Waals surface area contributed by atoms with Gasteiger partial charge in [0.15, 0.2) is 0 Å². The molecule has 1 aromatic carbocycles. The third kappa shape index (κ3) is 5.82. The summed E-state index contributed by atoms with van der Waals surface area (Å²) >= 11 is 0. The Morgan fingerprint density at radius 2 is 1.64 bits per heavy atom. The van der Waals surface area contributed by atoms with Crippen molar-refractivity contribution in [3.8, 4) is 0 Å². The van der Waals surface area contributed by atoms with Crippen LogP contribution < -0.4 is 0 Å². The molecule has 0 N–H and O–H groups in total. The van der Waals surface area contributed by atoms with Gasteiger partial charge in [0.1, 0.15) is 0 Å². The van der Waals surface area contributed by atoms with Crippen LogP contribution in [0, 0.1) is 5.92 Å². The van der Waals surface area contributed by atoms with Crippen LogP contribution in [0.4, 0.5) is 0 Å². The van der Waals surface area contributed by atoms with E-state index < -0.39 is 0 Å². The molecule has 0 unspecified atom stereocenters. The maximum absolute atomic E-state index is 11.4. The number of piperidine rings is 1. The van der Waals surface area contributed by atoms with Crippen LogP contribution in [0.25, 0.3) is 0 Å². The van der Waals surface area contributed by atoms with E-state index in [2.05, 4.69) is 35.2 Å². The van der Waals surface area contributed by atoms with Crippen LogP contribution in [0.1, 0.15) is 50.5 Å². The minimum Gasteiger partial charge on any atom is -0.469 e. The summed E-state index contributed by atoms with van der Waals surface area (Å²) < 4.78 is 11.1. The van der Waals surface area contributed by atoms with Crippen molar-refractivity contribution >= 4 is 5.97 Å². The van der Waals surface area contributed by atoms with E-state index in [0.29, 0.717) is 24.5 Å². The Hall–Kier alpha value is -1.39. The highest BCUT2D eigenvalue weighted by Gasteiger charge is 2.27. The van der Waals surface area contributed by atoms with Gasteiger partial charge in [0.25, 0.3) is 0 Å². The number of esters is 1. The summed E-state index contributed by atoms with van der Waals surface area (Å²) in [6, 6.07) is 10.7. The first kappa shape index (κ1) is 18.4. The first-order valence-corrected chi connectivity index (χ1v) is 9.71. The van der Waals surface area contributed by atoms with Crippen molar-refractivity contribution < 1.29 is 14.3 Å². The largest absolute Gasteiger partial charge is 0.469 e. The van der Waals surface area contributed by atoms with E-state index in [9.17, 15) is 4.79 Å². The molecule has 4 nitrogen and oxygen atoms in total. The SMILES string of the molecule is COC(=O)CC1CCC(OC2CCN(Cc3ccccc3)CC2)CC1. The summed E-state index contributed by atoms with van der Waals surface area (Å²) in [7, 11) is 1.47. The topological polar surface area (TPSA) is 38.8 Å². The number of methoxy groups -OCH3 is 1. The molecule has 4 heteroatoms. The van der Waals surface area contributed by atoms with Crippen molar-refractivity contribution in [2.75, 3.05) is 20.2 Å². The smallest absolute Gasteiger partial charge is 0.305 e. The van der Waals surface area contributed by atoms with Crippen molar-refractivity contribution in [2.24, 2.45) is 5.92 Å². The maximum Gasteiger partial charge on any atom is 0.305 e. The molecule has 3 rings (SSSR count). The third-order valence-corrected chi connectivity index (χ3v) is 5.65. The summed E-state index contributed by atoms with van der Waals surface area (Å²) in [5.74, 6) is 0.412. The minimum absolute atomic E-state index is 0.0739. The van der Waals surface area contributed by atoms with Crippen LogP contribution in [0.5, 0.6) is 0 Å². The lowest BCUT2D eigenvalue weighted by Crippen LogP contribution is -2.38. The van der Waals surface area contributed by atoms with Crippen LogP contribution in [0.2, 0.25) is 0 Å². The van der Waals surface area contributed by atoms with Gasteiger partial charge in [0.2, 0.25) is 0 Å². The summed E-state index contributed by atoms with van der Waals surface area (Å²) in [4.78, 5) is 13.9. The lowest BCUT2D eigenvalue weighted by atomic mass is 9.85. The second-order valence-corrected chi connectivity index (χ2v) is 7.52. The molecule has 1 saturated carbocycles. The molecular weight excluding hydrogens is 314 g/mol. The number of likely N-dealkylation sites (tertiary alicyclic amines) is 1. The third-order valence-electron chi connectivity index (χ3n) is 5.65. The van der Waals surface area contributed by atoms with Gasteiger partial charge < -0.3 is 9.47 Å². The Labute approximate surface area is 151 Å². The zero-order chi connectivity index (χ0) is 17.5. The molecule has 0 bridgehead atoms. The molecule has 1 aliphatic carbocycles. The van der Waals surface area contributed by atoms with E-state index in [1.54, 1.807) is 0 Å². The lowest BCUT2D eigenvalue weighted by molar-refractivity contribution is -0.142. The molecule has 25 heavy (non-hydrogen) atoms. The van der Waals surface area contributed by atoms with E-state index >= 15 is 0 Å². The fraction of sp³-hybridized carbons (Fsp3) is 0.667. The summed E-state index contributed by atoms with van der Waals surface area (Å²) in [6.45, 7) is 3.29. The standard InChI is InChI=1S/C21H31NO3/c1-24-21(23)15-17-7-9-19(10-8-17)25-20-11-13-22(14-12-20)16-18-5-3-2-4-6-18/h2-6,17,19-20H,7-16H2,1H3. The number of benzene rings is 1. The van der Waals surface area contributed by atoms with Crippen LogP contribution in [-0.2, 0) is 20.8 Å². The van der Waals surface area contributed by atoms with Gasteiger partial charge >= 0.3 is 5.97 Å². The van der Waals surface area contributed by atoms with Crippen LogP contribution in [0.15, 0.2) is 30.3 Å². The molecule has 0 spiro atoms. The van der Waals surface area contributed by atoms with Gasteiger partial charge in [-0.2, -0.15) is 0 Å². The fourth-order valence-electron chi connectivity index (χ4n) is 4.11. The summed E-state index contributed by atoms with van der Waals surface area (Å²) in [5, 5.41) is 0. The predicted molar refractivity (Wildman–Crippen MR) is 98.2 cm³/mol. The zero-order valence-corrected chi connectivity index (χ0v) is 15.4. The number of carbonyl (C=O) groups is 1. The van der Waals surface area contributed by atoms with Crippen LogP contribution in [0.3, 0.4) is 0 Å².